The molecule has 0 atom stereocenters. The largest absolute Gasteiger partial charge is 0.310 e. The van der Waals surface area contributed by atoms with E-state index in [0.717, 1.165) is 56.5 Å². The average Bonchev–Trinajstić information content (AvgIpc) is 3.65. The highest BCUT2D eigenvalue weighted by atomic mass is 15.2. The van der Waals surface area contributed by atoms with Crippen LogP contribution in [0.4, 0.5) is 51.2 Å². The van der Waals surface area contributed by atoms with E-state index in [1.165, 1.54) is 33.3 Å². The first kappa shape index (κ1) is 36.3. The van der Waals surface area contributed by atoms with Gasteiger partial charge in [0.2, 0.25) is 0 Å². The third kappa shape index (κ3) is 6.15. The van der Waals surface area contributed by atoms with Crippen molar-refractivity contribution in [3.63, 3.8) is 0 Å². The van der Waals surface area contributed by atoms with Gasteiger partial charge in [0.05, 0.1) is 39.5 Å². The fourth-order valence-corrected chi connectivity index (χ4v) is 9.49. The van der Waals surface area contributed by atoms with Crippen molar-refractivity contribution < 1.29 is 0 Å². The molecule has 0 N–H and O–H groups in total. The number of fused-ring (bicyclic) bond motifs is 5. The molecule has 1 aliphatic heterocycles. The molecule has 1 aliphatic rings. The first-order chi connectivity index (χ1) is 30.0. The van der Waals surface area contributed by atoms with Gasteiger partial charge in [-0.1, -0.05) is 141 Å². The summed E-state index contributed by atoms with van der Waals surface area (Å²) >= 11 is 0. The number of nitrogens with zero attached hydrogens (tertiary/aromatic N) is 4. The Labute approximate surface area is 357 Å². The predicted octanol–water partition coefficient (Wildman–Crippen LogP) is 15.8. The predicted molar refractivity (Wildman–Crippen MR) is 257 cm³/mol. The van der Waals surface area contributed by atoms with E-state index in [-0.39, 0.29) is 5.41 Å². The number of para-hydroxylation sites is 7. The van der Waals surface area contributed by atoms with Crippen LogP contribution in [0.1, 0.15) is 25.0 Å². The van der Waals surface area contributed by atoms with Crippen LogP contribution >= 0.6 is 0 Å². The van der Waals surface area contributed by atoms with Crippen molar-refractivity contribution in [2.45, 2.75) is 19.3 Å². The van der Waals surface area contributed by atoms with Gasteiger partial charge in [-0.3, -0.25) is 0 Å². The first-order valence-corrected chi connectivity index (χ1v) is 21.0. The molecule has 0 amide bonds. The van der Waals surface area contributed by atoms with Crippen LogP contribution in [0.15, 0.2) is 231 Å². The summed E-state index contributed by atoms with van der Waals surface area (Å²) in [6.45, 7) is 4.69. The van der Waals surface area contributed by atoms with Crippen LogP contribution in [0.5, 0.6) is 0 Å². The van der Waals surface area contributed by atoms with Crippen LogP contribution in [-0.4, -0.2) is 4.57 Å². The highest BCUT2D eigenvalue weighted by molar-refractivity contribution is 6.11. The molecule has 4 nitrogen and oxygen atoms in total. The van der Waals surface area contributed by atoms with E-state index >= 15 is 0 Å². The fourth-order valence-electron chi connectivity index (χ4n) is 9.49. The quantitative estimate of drug-likeness (QED) is 0.153. The minimum Gasteiger partial charge on any atom is -0.310 e. The highest BCUT2D eigenvalue weighted by Gasteiger charge is 2.37. The van der Waals surface area contributed by atoms with E-state index in [0.29, 0.717) is 0 Å². The number of aromatic nitrogens is 1. The van der Waals surface area contributed by atoms with Crippen molar-refractivity contribution >= 4 is 73.0 Å². The Morgan fingerprint density at radius 2 is 0.754 bits per heavy atom. The lowest BCUT2D eigenvalue weighted by Crippen LogP contribution is -2.30. The lowest BCUT2D eigenvalue weighted by molar-refractivity contribution is 0.632. The van der Waals surface area contributed by atoms with E-state index in [1.54, 1.807) is 0 Å². The molecule has 61 heavy (non-hydrogen) atoms. The average molecular weight is 785 g/mol. The van der Waals surface area contributed by atoms with Crippen molar-refractivity contribution in [1.82, 2.24) is 4.57 Å². The van der Waals surface area contributed by atoms with Gasteiger partial charge < -0.3 is 19.3 Å². The Kier molecular flexibility index (Phi) is 8.79. The number of hydrogen-bond donors (Lipinski definition) is 0. The van der Waals surface area contributed by atoms with Crippen LogP contribution < -0.4 is 14.7 Å². The van der Waals surface area contributed by atoms with Gasteiger partial charge in [0.1, 0.15) is 0 Å². The Balaban J connectivity index is 1.19. The van der Waals surface area contributed by atoms with E-state index < -0.39 is 0 Å². The van der Waals surface area contributed by atoms with Crippen LogP contribution in [0.2, 0.25) is 0 Å². The molecule has 4 heteroatoms. The molecule has 0 unspecified atom stereocenters. The Bertz CT molecular complexity index is 3040. The zero-order valence-electron chi connectivity index (χ0n) is 34.2. The molecule has 0 fully saturated rings. The Morgan fingerprint density at radius 3 is 1.30 bits per heavy atom. The van der Waals surface area contributed by atoms with Crippen LogP contribution in [-0.2, 0) is 5.41 Å². The smallest absolute Gasteiger partial charge is 0.0542 e. The maximum atomic E-state index is 2.47. The summed E-state index contributed by atoms with van der Waals surface area (Å²) in [5.74, 6) is 0. The zero-order chi connectivity index (χ0) is 40.9. The SMILES string of the molecule is CC1(C)c2ccccc2N(c2cc(N(c3ccccc3)c3ccccc3)cc(-n3c4ccccc4c4cc(N(c5ccccc5)c5ccccc5)ccc43)c2)c2ccccc21. The van der Waals surface area contributed by atoms with Crippen LogP contribution in [0.25, 0.3) is 27.5 Å². The lowest BCUT2D eigenvalue weighted by Gasteiger charge is -2.42. The summed E-state index contributed by atoms with van der Waals surface area (Å²) in [5, 5.41) is 2.39. The molecule has 9 aromatic carbocycles. The summed E-state index contributed by atoms with van der Waals surface area (Å²) in [5.41, 5.74) is 15.8. The molecule has 11 rings (SSSR count). The van der Waals surface area contributed by atoms with Crippen molar-refractivity contribution in [3.8, 4) is 5.69 Å². The third-order valence-corrected chi connectivity index (χ3v) is 12.3. The summed E-state index contributed by atoms with van der Waals surface area (Å²) in [7, 11) is 0. The molecule has 10 aromatic rings. The molecule has 0 saturated heterocycles. The number of hydrogen-bond acceptors (Lipinski definition) is 3. The summed E-state index contributed by atoms with van der Waals surface area (Å²) in [4.78, 5) is 7.19. The van der Waals surface area contributed by atoms with E-state index in [1.807, 2.05) is 0 Å². The minimum absolute atomic E-state index is 0.178. The Morgan fingerprint density at radius 1 is 0.328 bits per heavy atom. The molecule has 2 heterocycles. The molecule has 0 radical (unpaired) electrons. The number of rotatable bonds is 8. The van der Waals surface area contributed by atoms with Crippen molar-refractivity contribution in [1.29, 1.82) is 0 Å². The first-order valence-electron chi connectivity index (χ1n) is 21.0. The summed E-state index contributed by atoms with van der Waals surface area (Å²) < 4.78 is 2.46. The Hall–Kier alpha value is -7.82. The van der Waals surface area contributed by atoms with Crippen LogP contribution in [0, 0.1) is 0 Å². The van der Waals surface area contributed by atoms with E-state index in [4.69, 9.17) is 0 Å². The lowest BCUT2D eigenvalue weighted by atomic mass is 9.73. The second kappa shape index (κ2) is 14.8. The molecule has 0 spiro atoms. The summed E-state index contributed by atoms with van der Waals surface area (Å²) in [6.07, 6.45) is 0. The second-order valence-electron chi connectivity index (χ2n) is 16.3. The van der Waals surface area contributed by atoms with Gasteiger partial charge in [0.15, 0.2) is 0 Å². The van der Waals surface area contributed by atoms with Gasteiger partial charge in [-0.15, -0.1) is 0 Å². The monoisotopic (exact) mass is 784 g/mol. The van der Waals surface area contributed by atoms with Gasteiger partial charge in [-0.2, -0.15) is 0 Å². The van der Waals surface area contributed by atoms with Crippen molar-refractivity contribution in [3.05, 3.63) is 242 Å². The second-order valence-corrected chi connectivity index (χ2v) is 16.3. The normalized spacial score (nSPS) is 12.9. The molecular formula is C57H44N4. The maximum absolute atomic E-state index is 2.47. The molecule has 0 saturated carbocycles. The minimum atomic E-state index is -0.178. The molecule has 0 bridgehead atoms. The van der Waals surface area contributed by atoms with E-state index in [9.17, 15) is 0 Å². The van der Waals surface area contributed by atoms with Crippen molar-refractivity contribution in [2.24, 2.45) is 0 Å². The van der Waals surface area contributed by atoms with Gasteiger partial charge in [-0.25, -0.2) is 0 Å². The molecule has 0 aliphatic carbocycles. The maximum Gasteiger partial charge on any atom is 0.0542 e. The van der Waals surface area contributed by atoms with E-state index in [2.05, 4.69) is 264 Å². The zero-order valence-corrected chi connectivity index (χ0v) is 34.2. The third-order valence-electron chi connectivity index (χ3n) is 12.3. The van der Waals surface area contributed by atoms with Gasteiger partial charge >= 0.3 is 0 Å². The molecule has 1 aromatic heterocycles. The van der Waals surface area contributed by atoms with Gasteiger partial charge in [0.25, 0.3) is 0 Å². The van der Waals surface area contributed by atoms with Gasteiger partial charge in [-0.05, 0) is 114 Å². The van der Waals surface area contributed by atoms with Crippen LogP contribution in [0.3, 0.4) is 0 Å². The van der Waals surface area contributed by atoms with Gasteiger partial charge in [0, 0.05) is 44.6 Å². The molecule has 292 valence electrons. The fraction of sp³-hybridized carbons (Fsp3) is 0.0526. The number of benzene rings is 9. The van der Waals surface area contributed by atoms with Crippen molar-refractivity contribution in [2.75, 3.05) is 14.7 Å². The number of anilines is 9. The molecular weight excluding hydrogens is 741 g/mol. The summed E-state index contributed by atoms with van der Waals surface area (Å²) in [6, 6.07) is 83.4. The topological polar surface area (TPSA) is 14.7 Å². The standard InChI is InChI=1S/C57H44N4/c1-57(2)51-30-16-19-33-55(51)61(56-34-20-17-31-52(56)57)48-38-46(59(43-25-11-5-12-26-43)44-27-13-6-14-28-44)37-47(39-48)60-53-32-18-15-29-49(53)50-40-45(35-36-54(50)60)58(41-21-7-3-8-22-41)42-23-9-4-10-24-42/h3-40H,1-2H3. The highest BCUT2D eigenvalue weighted by Crippen LogP contribution is 2.53.